The minimum atomic E-state index is -3.89. The quantitative estimate of drug-likeness (QED) is 0.697. The molecule has 0 spiro atoms. The van der Waals surface area contributed by atoms with Crippen molar-refractivity contribution in [1.29, 1.82) is 0 Å². The lowest BCUT2D eigenvalue weighted by atomic mass is 10.1. The summed E-state index contributed by atoms with van der Waals surface area (Å²) < 4.78 is 25.7. The van der Waals surface area contributed by atoms with Gasteiger partial charge < -0.3 is 10.4 Å². The van der Waals surface area contributed by atoms with Gasteiger partial charge in [-0.1, -0.05) is 30.3 Å². The third-order valence-electron chi connectivity index (χ3n) is 3.07. The predicted molar refractivity (Wildman–Crippen MR) is 88.0 cm³/mol. The van der Waals surface area contributed by atoms with Crippen LogP contribution in [-0.4, -0.2) is 31.9 Å². The fourth-order valence-electron chi connectivity index (χ4n) is 1.94. The van der Waals surface area contributed by atoms with Crippen molar-refractivity contribution in [3.63, 3.8) is 0 Å². The lowest BCUT2D eigenvalue weighted by Crippen LogP contribution is -2.29. The lowest BCUT2D eigenvalue weighted by molar-refractivity contribution is -0.135. The first-order valence-electron chi connectivity index (χ1n) is 7.02. The number of carbonyl (C=O) groups is 2. The molecule has 0 aliphatic heterocycles. The van der Waals surface area contributed by atoms with Crippen LogP contribution in [-0.2, 0) is 26.0 Å². The number of anilines is 1. The zero-order valence-electron chi connectivity index (χ0n) is 12.6. The van der Waals surface area contributed by atoms with E-state index in [4.69, 9.17) is 5.11 Å². The van der Waals surface area contributed by atoms with Crippen LogP contribution in [0, 0.1) is 0 Å². The molecule has 0 bridgehead atoms. The van der Waals surface area contributed by atoms with Crippen molar-refractivity contribution in [2.75, 3.05) is 11.9 Å². The normalized spacial score (nSPS) is 11.0. The summed E-state index contributed by atoms with van der Waals surface area (Å²) in [5.41, 5.74) is 1.32. The molecule has 0 radical (unpaired) electrons. The molecule has 0 saturated carbocycles. The summed E-state index contributed by atoms with van der Waals surface area (Å²) in [5.74, 6) is -1.50. The van der Waals surface area contributed by atoms with Crippen molar-refractivity contribution in [2.45, 2.75) is 11.3 Å². The van der Waals surface area contributed by atoms with Crippen LogP contribution in [0.5, 0.6) is 0 Å². The molecule has 8 heteroatoms. The van der Waals surface area contributed by atoms with E-state index in [0.717, 1.165) is 5.56 Å². The average molecular weight is 348 g/mol. The number of hydrogen-bond donors (Lipinski definition) is 3. The minimum absolute atomic E-state index is 0.0789. The number of carboxylic acid groups (broad SMARTS) is 1. The summed E-state index contributed by atoms with van der Waals surface area (Å²) in [7, 11) is -3.89. The number of carbonyl (C=O) groups excluding carboxylic acids is 1. The molecule has 0 aliphatic rings. The van der Waals surface area contributed by atoms with Crippen LogP contribution in [0.15, 0.2) is 59.5 Å². The largest absolute Gasteiger partial charge is 0.480 e. The Bertz CT molecular complexity index is 817. The SMILES string of the molecule is O=C(O)CNS(=O)(=O)c1ccc(NC(=O)Cc2ccccc2)cc1. The van der Waals surface area contributed by atoms with E-state index in [2.05, 4.69) is 5.32 Å². The van der Waals surface area contributed by atoms with Crippen molar-refractivity contribution < 1.29 is 23.1 Å². The molecule has 126 valence electrons. The Morgan fingerprint density at radius 2 is 1.58 bits per heavy atom. The van der Waals surface area contributed by atoms with Crippen molar-refractivity contribution in [3.8, 4) is 0 Å². The standard InChI is InChI=1S/C16H16N2O5S/c19-15(10-12-4-2-1-3-5-12)18-13-6-8-14(9-7-13)24(22,23)17-11-16(20)21/h1-9,17H,10-11H2,(H,18,19)(H,20,21). The first-order valence-corrected chi connectivity index (χ1v) is 8.50. The van der Waals surface area contributed by atoms with Gasteiger partial charge in [0.15, 0.2) is 0 Å². The van der Waals surface area contributed by atoms with Gasteiger partial charge >= 0.3 is 5.97 Å². The number of aliphatic carboxylic acids is 1. The van der Waals surface area contributed by atoms with Crippen molar-refractivity contribution in [1.82, 2.24) is 4.72 Å². The predicted octanol–water partition coefficient (Wildman–Crippen LogP) is 1.23. The van der Waals surface area contributed by atoms with Gasteiger partial charge in [0, 0.05) is 5.69 Å². The van der Waals surface area contributed by atoms with Crippen LogP contribution in [0.3, 0.4) is 0 Å². The third-order valence-corrected chi connectivity index (χ3v) is 4.49. The first kappa shape index (κ1) is 17.6. The summed E-state index contributed by atoms with van der Waals surface area (Å²) in [4.78, 5) is 22.3. The second kappa shape index (κ2) is 7.71. The Hall–Kier alpha value is -2.71. The fraction of sp³-hybridized carbons (Fsp3) is 0.125. The second-order valence-electron chi connectivity index (χ2n) is 4.95. The second-order valence-corrected chi connectivity index (χ2v) is 6.72. The maximum atomic E-state index is 11.9. The number of hydrogen-bond acceptors (Lipinski definition) is 4. The minimum Gasteiger partial charge on any atom is -0.480 e. The van der Waals surface area contributed by atoms with Crippen LogP contribution in [0.2, 0.25) is 0 Å². The van der Waals surface area contributed by atoms with Gasteiger partial charge in [-0.2, -0.15) is 4.72 Å². The number of nitrogens with one attached hydrogen (secondary N) is 2. The molecule has 2 aromatic carbocycles. The highest BCUT2D eigenvalue weighted by Crippen LogP contribution is 2.14. The molecule has 24 heavy (non-hydrogen) atoms. The number of amides is 1. The van der Waals surface area contributed by atoms with Gasteiger partial charge in [0.25, 0.3) is 0 Å². The van der Waals surface area contributed by atoms with Gasteiger partial charge in [-0.15, -0.1) is 0 Å². The molecule has 0 saturated heterocycles. The van der Waals surface area contributed by atoms with Gasteiger partial charge in [0.2, 0.25) is 15.9 Å². The highest BCUT2D eigenvalue weighted by molar-refractivity contribution is 7.89. The van der Waals surface area contributed by atoms with Gasteiger partial charge in [0.05, 0.1) is 11.3 Å². The summed E-state index contributed by atoms with van der Waals surface area (Å²) in [5, 5.41) is 11.2. The maximum absolute atomic E-state index is 11.9. The van der Waals surface area contributed by atoms with Crippen molar-refractivity contribution in [3.05, 3.63) is 60.2 Å². The highest BCUT2D eigenvalue weighted by Gasteiger charge is 2.15. The topological polar surface area (TPSA) is 113 Å². The molecule has 3 N–H and O–H groups in total. The van der Waals surface area contributed by atoms with Gasteiger partial charge in [-0.25, -0.2) is 8.42 Å². The van der Waals surface area contributed by atoms with Gasteiger partial charge in [-0.3, -0.25) is 9.59 Å². The summed E-state index contributed by atoms with van der Waals surface area (Å²) in [6.45, 7) is -0.697. The van der Waals surface area contributed by atoms with Gasteiger partial charge in [0.1, 0.15) is 6.54 Å². The maximum Gasteiger partial charge on any atom is 0.318 e. The summed E-state index contributed by atoms with van der Waals surface area (Å²) >= 11 is 0. The Labute approximate surface area is 139 Å². The van der Waals surface area contributed by atoms with E-state index in [9.17, 15) is 18.0 Å². The molecule has 2 aromatic rings. The average Bonchev–Trinajstić information content (AvgIpc) is 2.54. The van der Waals surface area contributed by atoms with Crippen LogP contribution in [0.4, 0.5) is 5.69 Å². The first-order chi connectivity index (χ1) is 11.4. The Balaban J connectivity index is 1.99. The van der Waals surface area contributed by atoms with E-state index in [-0.39, 0.29) is 17.2 Å². The molecule has 0 atom stereocenters. The Kier molecular flexibility index (Phi) is 5.67. The zero-order chi connectivity index (χ0) is 17.6. The molecular weight excluding hydrogens is 332 g/mol. The summed E-state index contributed by atoms with van der Waals surface area (Å²) in [6, 6.07) is 14.7. The molecule has 0 aliphatic carbocycles. The Morgan fingerprint density at radius 1 is 0.958 bits per heavy atom. The molecule has 0 aromatic heterocycles. The van der Waals surface area contributed by atoms with Crippen LogP contribution >= 0.6 is 0 Å². The van der Waals surface area contributed by atoms with Crippen LogP contribution in [0.1, 0.15) is 5.56 Å². The smallest absolute Gasteiger partial charge is 0.318 e. The number of benzene rings is 2. The monoisotopic (exact) mass is 348 g/mol. The van der Waals surface area contributed by atoms with E-state index in [1.54, 1.807) is 0 Å². The number of carboxylic acids is 1. The fourth-order valence-corrected chi connectivity index (χ4v) is 2.92. The lowest BCUT2D eigenvalue weighted by Gasteiger charge is -2.08. The van der Waals surface area contributed by atoms with Crippen LogP contribution < -0.4 is 10.0 Å². The molecule has 0 unspecified atom stereocenters. The third kappa shape index (κ3) is 5.18. The van der Waals surface area contributed by atoms with E-state index >= 15 is 0 Å². The van der Waals surface area contributed by atoms with Crippen molar-refractivity contribution in [2.24, 2.45) is 0 Å². The summed E-state index contributed by atoms with van der Waals surface area (Å²) in [6.07, 6.45) is 0.209. The highest BCUT2D eigenvalue weighted by atomic mass is 32.2. The number of sulfonamides is 1. The Morgan fingerprint density at radius 3 is 2.17 bits per heavy atom. The molecular formula is C16H16N2O5S. The van der Waals surface area contributed by atoms with E-state index in [1.807, 2.05) is 35.1 Å². The van der Waals surface area contributed by atoms with Crippen molar-refractivity contribution >= 4 is 27.6 Å². The molecule has 1 amide bonds. The van der Waals surface area contributed by atoms with E-state index in [0.29, 0.717) is 5.69 Å². The van der Waals surface area contributed by atoms with Crippen LogP contribution in [0.25, 0.3) is 0 Å². The molecule has 0 fully saturated rings. The number of rotatable bonds is 7. The van der Waals surface area contributed by atoms with Gasteiger partial charge in [-0.05, 0) is 29.8 Å². The van der Waals surface area contributed by atoms with E-state index < -0.39 is 22.5 Å². The molecule has 7 nitrogen and oxygen atoms in total. The van der Waals surface area contributed by atoms with E-state index in [1.165, 1.54) is 24.3 Å². The molecule has 0 heterocycles. The molecule has 2 rings (SSSR count). The zero-order valence-corrected chi connectivity index (χ0v) is 13.4.